The van der Waals surface area contributed by atoms with Gasteiger partial charge in [-0.25, -0.2) is 8.42 Å². The van der Waals surface area contributed by atoms with Gasteiger partial charge in [-0.1, -0.05) is 18.2 Å². The summed E-state index contributed by atoms with van der Waals surface area (Å²) in [6, 6.07) is 13.4. The third-order valence-electron chi connectivity index (χ3n) is 5.03. The Bertz CT molecular complexity index is 939. The smallest absolute Gasteiger partial charge is 0.224 e. The summed E-state index contributed by atoms with van der Waals surface area (Å²) in [5.74, 6) is 0.829. The van der Waals surface area contributed by atoms with Crippen LogP contribution in [0, 0.1) is 0 Å². The number of rotatable bonds is 7. The highest BCUT2D eigenvalue weighted by Gasteiger charge is 2.25. The molecule has 7 heteroatoms. The Balaban J connectivity index is 1.60. The molecule has 0 saturated heterocycles. The SMILES string of the molecule is CCS(=O)(=O)N1CCc2ccc(NC(=O)CCc3ccc(OC)cc3)cc2C1. The maximum atomic E-state index is 12.3. The van der Waals surface area contributed by atoms with Crippen molar-refractivity contribution in [3.8, 4) is 5.75 Å². The van der Waals surface area contributed by atoms with Crippen molar-refractivity contribution in [3.05, 3.63) is 59.2 Å². The second-order valence-corrected chi connectivity index (χ2v) is 9.12. The van der Waals surface area contributed by atoms with E-state index < -0.39 is 10.0 Å². The normalized spacial score (nSPS) is 14.4. The fourth-order valence-corrected chi connectivity index (χ4v) is 4.37. The minimum atomic E-state index is -3.21. The van der Waals surface area contributed by atoms with Gasteiger partial charge in [0, 0.05) is 25.2 Å². The molecule has 0 bridgehead atoms. The van der Waals surface area contributed by atoms with Crippen molar-refractivity contribution >= 4 is 21.6 Å². The van der Waals surface area contributed by atoms with Crippen LogP contribution in [0.3, 0.4) is 0 Å². The number of sulfonamides is 1. The van der Waals surface area contributed by atoms with E-state index in [0.717, 1.165) is 22.4 Å². The third kappa shape index (κ3) is 4.91. The van der Waals surface area contributed by atoms with Gasteiger partial charge >= 0.3 is 0 Å². The Morgan fingerprint density at radius 1 is 1.14 bits per heavy atom. The number of nitrogens with one attached hydrogen (secondary N) is 1. The van der Waals surface area contributed by atoms with Crippen molar-refractivity contribution in [1.82, 2.24) is 4.31 Å². The van der Waals surface area contributed by atoms with Crippen LogP contribution in [0.15, 0.2) is 42.5 Å². The summed E-state index contributed by atoms with van der Waals surface area (Å²) in [7, 11) is -1.58. The van der Waals surface area contributed by atoms with Crippen LogP contribution in [0.2, 0.25) is 0 Å². The summed E-state index contributed by atoms with van der Waals surface area (Å²) < 4.78 is 30.9. The summed E-state index contributed by atoms with van der Waals surface area (Å²) in [6.07, 6.45) is 1.71. The first-order chi connectivity index (χ1) is 13.4. The number of aryl methyl sites for hydroxylation is 1. The molecule has 1 aliphatic rings. The average molecular weight is 403 g/mol. The number of amides is 1. The van der Waals surface area contributed by atoms with E-state index in [2.05, 4.69) is 5.32 Å². The number of fused-ring (bicyclic) bond motifs is 1. The van der Waals surface area contributed by atoms with Crippen LogP contribution in [0.5, 0.6) is 5.75 Å². The molecular weight excluding hydrogens is 376 g/mol. The van der Waals surface area contributed by atoms with Crippen LogP contribution < -0.4 is 10.1 Å². The highest BCUT2D eigenvalue weighted by atomic mass is 32.2. The number of hydrogen-bond acceptors (Lipinski definition) is 4. The Labute approximate surface area is 166 Å². The highest BCUT2D eigenvalue weighted by molar-refractivity contribution is 7.89. The van der Waals surface area contributed by atoms with Crippen molar-refractivity contribution < 1.29 is 17.9 Å². The molecule has 150 valence electrons. The zero-order valence-corrected chi connectivity index (χ0v) is 17.1. The van der Waals surface area contributed by atoms with Gasteiger partial charge in [-0.15, -0.1) is 0 Å². The molecule has 2 aromatic carbocycles. The largest absolute Gasteiger partial charge is 0.497 e. The van der Waals surface area contributed by atoms with Gasteiger partial charge in [0.2, 0.25) is 15.9 Å². The van der Waals surface area contributed by atoms with Gasteiger partial charge in [-0.2, -0.15) is 4.31 Å². The lowest BCUT2D eigenvalue weighted by molar-refractivity contribution is -0.116. The molecule has 2 aromatic rings. The van der Waals surface area contributed by atoms with Crippen LogP contribution in [0.4, 0.5) is 5.69 Å². The zero-order valence-electron chi connectivity index (χ0n) is 16.3. The van der Waals surface area contributed by atoms with Crippen LogP contribution in [-0.4, -0.2) is 38.0 Å². The van der Waals surface area contributed by atoms with Gasteiger partial charge in [-0.3, -0.25) is 4.79 Å². The fourth-order valence-electron chi connectivity index (χ4n) is 3.30. The average Bonchev–Trinajstić information content (AvgIpc) is 2.72. The predicted octanol–water partition coefficient (Wildman–Crippen LogP) is 2.97. The number of benzene rings is 2. The standard InChI is InChI=1S/C21H26N2O4S/c1-3-28(25,26)23-13-12-17-7-8-19(14-18(17)15-23)22-21(24)11-6-16-4-9-20(27-2)10-5-16/h4-5,7-10,14H,3,6,11-13,15H2,1-2H3,(H,22,24). The van der Waals surface area contributed by atoms with Crippen LogP contribution in [0.1, 0.15) is 30.0 Å². The predicted molar refractivity (Wildman–Crippen MR) is 110 cm³/mol. The molecule has 1 heterocycles. The first kappa shape index (κ1) is 20.4. The van der Waals surface area contributed by atoms with E-state index in [1.807, 2.05) is 42.5 Å². The third-order valence-corrected chi connectivity index (χ3v) is 6.85. The van der Waals surface area contributed by atoms with Gasteiger partial charge in [0.25, 0.3) is 0 Å². The maximum Gasteiger partial charge on any atom is 0.224 e. The molecule has 1 aliphatic heterocycles. The van der Waals surface area contributed by atoms with Gasteiger partial charge in [0.1, 0.15) is 5.75 Å². The molecule has 6 nitrogen and oxygen atoms in total. The Hall–Kier alpha value is -2.38. The first-order valence-corrected chi connectivity index (χ1v) is 11.0. The molecule has 1 N–H and O–H groups in total. The summed E-state index contributed by atoms with van der Waals surface area (Å²) in [4.78, 5) is 12.3. The number of anilines is 1. The lowest BCUT2D eigenvalue weighted by Crippen LogP contribution is -2.36. The molecular formula is C21H26N2O4S. The van der Waals surface area contributed by atoms with Gasteiger partial charge in [0.15, 0.2) is 0 Å². The van der Waals surface area contributed by atoms with E-state index in [1.54, 1.807) is 14.0 Å². The van der Waals surface area contributed by atoms with Gasteiger partial charge in [0.05, 0.1) is 12.9 Å². The molecule has 1 amide bonds. The fraction of sp³-hybridized carbons (Fsp3) is 0.381. The molecule has 0 unspecified atom stereocenters. The Morgan fingerprint density at radius 3 is 2.57 bits per heavy atom. The van der Waals surface area contributed by atoms with Crippen molar-refractivity contribution in [2.75, 3.05) is 24.7 Å². The summed E-state index contributed by atoms with van der Waals surface area (Å²) in [6.45, 7) is 2.53. The number of methoxy groups -OCH3 is 1. The topological polar surface area (TPSA) is 75.7 Å². The number of ether oxygens (including phenoxy) is 1. The van der Waals surface area contributed by atoms with E-state index in [0.29, 0.717) is 38.0 Å². The zero-order chi connectivity index (χ0) is 20.1. The molecule has 0 fully saturated rings. The van der Waals surface area contributed by atoms with E-state index >= 15 is 0 Å². The number of carbonyl (C=O) groups is 1. The number of carbonyl (C=O) groups excluding carboxylic acids is 1. The Morgan fingerprint density at radius 2 is 1.89 bits per heavy atom. The quantitative estimate of drug-likeness (QED) is 0.773. The summed E-state index contributed by atoms with van der Waals surface area (Å²) in [5.41, 5.74) is 3.87. The van der Waals surface area contributed by atoms with Crippen LogP contribution in [0.25, 0.3) is 0 Å². The molecule has 0 saturated carbocycles. The Kier molecular flexibility index (Phi) is 6.36. The van der Waals surface area contributed by atoms with Gasteiger partial charge < -0.3 is 10.1 Å². The molecule has 0 radical (unpaired) electrons. The van der Waals surface area contributed by atoms with E-state index in [1.165, 1.54) is 4.31 Å². The summed E-state index contributed by atoms with van der Waals surface area (Å²) in [5, 5.41) is 2.92. The molecule has 0 spiro atoms. The van der Waals surface area contributed by atoms with E-state index in [9.17, 15) is 13.2 Å². The molecule has 0 aromatic heterocycles. The molecule has 28 heavy (non-hydrogen) atoms. The van der Waals surface area contributed by atoms with Crippen LogP contribution in [-0.2, 0) is 34.2 Å². The van der Waals surface area contributed by atoms with Crippen molar-refractivity contribution in [1.29, 1.82) is 0 Å². The highest BCUT2D eigenvalue weighted by Crippen LogP contribution is 2.24. The van der Waals surface area contributed by atoms with Gasteiger partial charge in [-0.05, 0) is 60.7 Å². The van der Waals surface area contributed by atoms with E-state index in [4.69, 9.17) is 4.74 Å². The van der Waals surface area contributed by atoms with E-state index in [-0.39, 0.29) is 11.7 Å². The second kappa shape index (κ2) is 8.75. The molecule has 3 rings (SSSR count). The van der Waals surface area contributed by atoms with Crippen molar-refractivity contribution in [3.63, 3.8) is 0 Å². The molecule has 0 aliphatic carbocycles. The number of nitrogens with zero attached hydrogens (tertiary/aromatic N) is 1. The summed E-state index contributed by atoms with van der Waals surface area (Å²) >= 11 is 0. The lowest BCUT2D eigenvalue weighted by atomic mass is 10.0. The van der Waals surface area contributed by atoms with Crippen molar-refractivity contribution in [2.45, 2.75) is 32.7 Å². The van der Waals surface area contributed by atoms with Crippen molar-refractivity contribution in [2.24, 2.45) is 0 Å². The first-order valence-electron chi connectivity index (χ1n) is 9.43. The molecule has 0 atom stereocenters. The second-order valence-electron chi connectivity index (χ2n) is 6.86. The minimum Gasteiger partial charge on any atom is -0.497 e. The maximum absolute atomic E-state index is 12.3. The van der Waals surface area contributed by atoms with Crippen LogP contribution >= 0.6 is 0 Å². The monoisotopic (exact) mass is 402 g/mol. The number of hydrogen-bond donors (Lipinski definition) is 1. The lowest BCUT2D eigenvalue weighted by Gasteiger charge is -2.28. The minimum absolute atomic E-state index is 0.0652.